The molecule has 2 rings (SSSR count). The summed E-state index contributed by atoms with van der Waals surface area (Å²) in [4.78, 5) is 11.1. The molecule has 1 aliphatic heterocycles. The Balaban J connectivity index is 2.17. The number of hydrogen-bond donors (Lipinski definition) is 2. The zero-order valence-electron chi connectivity index (χ0n) is 9.28. The zero-order chi connectivity index (χ0) is 12.3. The Bertz CT molecular complexity index is 416. The average molecular weight is 300 g/mol. The minimum absolute atomic E-state index is 0.288. The molecule has 1 saturated heterocycles. The molecule has 0 aromatic heterocycles. The van der Waals surface area contributed by atoms with Gasteiger partial charge >= 0.3 is 5.97 Å². The van der Waals surface area contributed by atoms with Gasteiger partial charge in [0.05, 0.1) is 11.3 Å². The van der Waals surface area contributed by atoms with Crippen molar-refractivity contribution in [3.8, 4) is 0 Å². The summed E-state index contributed by atoms with van der Waals surface area (Å²) in [6.45, 7) is 1.46. The summed E-state index contributed by atoms with van der Waals surface area (Å²) in [7, 11) is 0. The minimum Gasteiger partial charge on any atom is -0.478 e. The number of rotatable bonds is 3. The van der Waals surface area contributed by atoms with Crippen LogP contribution in [0.25, 0.3) is 0 Å². The third-order valence-corrected chi connectivity index (χ3v) is 3.29. The third kappa shape index (κ3) is 3.20. The summed E-state index contributed by atoms with van der Waals surface area (Å²) in [6.07, 6.45) is 1.82. The van der Waals surface area contributed by atoms with Crippen LogP contribution in [0.3, 0.4) is 0 Å². The lowest BCUT2D eigenvalue weighted by atomic mass is 10.1. The molecule has 4 nitrogen and oxygen atoms in total. The normalized spacial score (nSPS) is 16.8. The highest BCUT2D eigenvalue weighted by Crippen LogP contribution is 2.24. The van der Waals surface area contributed by atoms with E-state index in [1.54, 1.807) is 18.2 Å². The molecule has 0 aliphatic carbocycles. The second-order valence-electron chi connectivity index (χ2n) is 4.03. The van der Waals surface area contributed by atoms with Crippen molar-refractivity contribution >= 4 is 27.6 Å². The molecule has 1 aromatic rings. The van der Waals surface area contributed by atoms with E-state index >= 15 is 0 Å². The van der Waals surface area contributed by atoms with Gasteiger partial charge in [0.2, 0.25) is 0 Å². The maximum Gasteiger partial charge on any atom is 0.337 e. The molecule has 0 amide bonds. The Hall–Kier alpha value is -1.07. The van der Waals surface area contributed by atoms with Crippen LogP contribution < -0.4 is 5.32 Å². The predicted molar refractivity (Wildman–Crippen MR) is 68.6 cm³/mol. The van der Waals surface area contributed by atoms with Crippen molar-refractivity contribution in [1.82, 2.24) is 0 Å². The van der Waals surface area contributed by atoms with Crippen molar-refractivity contribution in [1.29, 1.82) is 0 Å². The fraction of sp³-hybridized carbons (Fsp3) is 0.417. The molecule has 0 bridgehead atoms. The first-order valence-corrected chi connectivity index (χ1v) is 6.33. The molecule has 0 saturated carbocycles. The molecule has 2 N–H and O–H groups in total. The number of anilines is 1. The number of hydrogen-bond acceptors (Lipinski definition) is 3. The van der Waals surface area contributed by atoms with Crippen LogP contribution in [0.1, 0.15) is 23.2 Å². The number of benzene rings is 1. The molecule has 1 aromatic carbocycles. The smallest absolute Gasteiger partial charge is 0.337 e. The Labute approximate surface area is 108 Å². The summed E-state index contributed by atoms with van der Waals surface area (Å²) in [5, 5.41) is 12.4. The number of halogens is 1. The molecule has 17 heavy (non-hydrogen) atoms. The monoisotopic (exact) mass is 299 g/mol. The van der Waals surface area contributed by atoms with Gasteiger partial charge in [-0.05, 0) is 31.0 Å². The summed E-state index contributed by atoms with van der Waals surface area (Å²) in [6, 6.07) is 5.43. The first-order valence-electron chi connectivity index (χ1n) is 5.54. The minimum atomic E-state index is -0.910. The maximum absolute atomic E-state index is 11.1. The fourth-order valence-corrected chi connectivity index (χ4v) is 2.25. The Morgan fingerprint density at radius 3 is 2.76 bits per heavy atom. The molecule has 1 fully saturated rings. The zero-order valence-corrected chi connectivity index (χ0v) is 10.9. The molecular weight excluding hydrogens is 286 g/mol. The fourth-order valence-electron chi connectivity index (χ4n) is 1.88. The van der Waals surface area contributed by atoms with E-state index in [0.29, 0.717) is 11.3 Å². The number of carboxylic acids is 1. The maximum atomic E-state index is 11.1. The van der Waals surface area contributed by atoms with E-state index in [4.69, 9.17) is 9.84 Å². The number of carbonyl (C=O) groups is 1. The Kier molecular flexibility index (Phi) is 4.02. The van der Waals surface area contributed by atoms with E-state index in [0.717, 1.165) is 30.5 Å². The number of nitrogens with one attached hydrogen (secondary N) is 1. The van der Waals surface area contributed by atoms with Gasteiger partial charge in [0.1, 0.15) is 0 Å². The first kappa shape index (κ1) is 12.4. The average Bonchev–Trinajstić information content (AvgIpc) is 2.30. The lowest BCUT2D eigenvalue weighted by Gasteiger charge is -2.25. The molecular formula is C12H14BrNO3. The van der Waals surface area contributed by atoms with E-state index < -0.39 is 5.97 Å². The second kappa shape index (κ2) is 5.51. The highest BCUT2D eigenvalue weighted by Gasteiger charge is 2.17. The van der Waals surface area contributed by atoms with Crippen LogP contribution in [0, 0.1) is 0 Å². The van der Waals surface area contributed by atoms with Crippen molar-refractivity contribution in [3.05, 3.63) is 28.2 Å². The molecule has 1 aliphatic rings. The number of aromatic carboxylic acids is 1. The molecule has 0 atom stereocenters. The van der Waals surface area contributed by atoms with E-state index in [1.165, 1.54) is 0 Å². The SMILES string of the molecule is O=C(O)c1ccc(Br)cc1NC1CCOCC1. The molecule has 0 radical (unpaired) electrons. The summed E-state index contributed by atoms with van der Waals surface area (Å²) < 4.78 is 6.15. The van der Waals surface area contributed by atoms with Crippen molar-refractivity contribution in [2.24, 2.45) is 0 Å². The highest BCUT2D eigenvalue weighted by atomic mass is 79.9. The summed E-state index contributed by atoms with van der Waals surface area (Å²) in [5.41, 5.74) is 0.971. The van der Waals surface area contributed by atoms with E-state index in [2.05, 4.69) is 21.2 Å². The highest BCUT2D eigenvalue weighted by molar-refractivity contribution is 9.10. The lowest BCUT2D eigenvalue weighted by molar-refractivity contribution is 0.0697. The Morgan fingerprint density at radius 1 is 1.41 bits per heavy atom. The van der Waals surface area contributed by atoms with Crippen LogP contribution in [0.5, 0.6) is 0 Å². The van der Waals surface area contributed by atoms with Crippen LogP contribution in [-0.2, 0) is 4.74 Å². The number of carboxylic acid groups (broad SMARTS) is 1. The van der Waals surface area contributed by atoms with Crippen molar-refractivity contribution in [2.45, 2.75) is 18.9 Å². The topological polar surface area (TPSA) is 58.6 Å². The lowest BCUT2D eigenvalue weighted by Crippen LogP contribution is -2.28. The quantitative estimate of drug-likeness (QED) is 0.901. The van der Waals surface area contributed by atoms with Gasteiger partial charge < -0.3 is 15.2 Å². The molecule has 1 heterocycles. The van der Waals surface area contributed by atoms with E-state index in [-0.39, 0.29) is 6.04 Å². The van der Waals surface area contributed by atoms with Crippen LogP contribution in [0.15, 0.2) is 22.7 Å². The standard InChI is InChI=1S/C12H14BrNO3/c13-8-1-2-10(12(15)16)11(7-8)14-9-3-5-17-6-4-9/h1-2,7,9,14H,3-6H2,(H,15,16). The van der Waals surface area contributed by atoms with Gasteiger partial charge in [-0.1, -0.05) is 15.9 Å². The van der Waals surface area contributed by atoms with E-state index in [1.807, 2.05) is 0 Å². The van der Waals surface area contributed by atoms with Gasteiger partial charge in [0, 0.05) is 23.7 Å². The molecule has 5 heteroatoms. The van der Waals surface area contributed by atoms with Gasteiger partial charge in [0.15, 0.2) is 0 Å². The van der Waals surface area contributed by atoms with Crippen LogP contribution >= 0.6 is 15.9 Å². The molecule has 0 spiro atoms. The molecule has 92 valence electrons. The van der Waals surface area contributed by atoms with Crippen molar-refractivity contribution in [3.63, 3.8) is 0 Å². The van der Waals surface area contributed by atoms with Crippen molar-refractivity contribution in [2.75, 3.05) is 18.5 Å². The Morgan fingerprint density at radius 2 is 2.12 bits per heavy atom. The van der Waals surface area contributed by atoms with Gasteiger partial charge in [-0.3, -0.25) is 0 Å². The van der Waals surface area contributed by atoms with Crippen LogP contribution in [0.4, 0.5) is 5.69 Å². The van der Waals surface area contributed by atoms with Gasteiger partial charge in [-0.2, -0.15) is 0 Å². The predicted octanol–water partition coefficient (Wildman–Crippen LogP) is 2.74. The summed E-state index contributed by atoms with van der Waals surface area (Å²) >= 11 is 3.35. The number of ether oxygens (including phenoxy) is 1. The van der Waals surface area contributed by atoms with Gasteiger partial charge in [-0.25, -0.2) is 4.79 Å². The van der Waals surface area contributed by atoms with Gasteiger partial charge in [0.25, 0.3) is 0 Å². The molecule has 0 unspecified atom stereocenters. The van der Waals surface area contributed by atoms with Crippen LogP contribution in [-0.4, -0.2) is 30.3 Å². The van der Waals surface area contributed by atoms with Gasteiger partial charge in [-0.15, -0.1) is 0 Å². The second-order valence-corrected chi connectivity index (χ2v) is 4.94. The largest absolute Gasteiger partial charge is 0.478 e. The van der Waals surface area contributed by atoms with E-state index in [9.17, 15) is 4.79 Å². The first-order chi connectivity index (χ1) is 8.16. The summed E-state index contributed by atoms with van der Waals surface area (Å²) in [5.74, 6) is -0.910. The van der Waals surface area contributed by atoms with Crippen molar-refractivity contribution < 1.29 is 14.6 Å². The van der Waals surface area contributed by atoms with Crippen LogP contribution in [0.2, 0.25) is 0 Å². The third-order valence-electron chi connectivity index (χ3n) is 2.79.